The predicted molar refractivity (Wildman–Crippen MR) is 81.3 cm³/mol. The Morgan fingerprint density at radius 1 is 0.947 bits per heavy atom. The van der Waals surface area contributed by atoms with Crippen LogP contribution in [0.3, 0.4) is 0 Å². The molecule has 2 aromatic rings. The maximum absolute atomic E-state index is 13.4. The van der Waals surface area contributed by atoms with Gasteiger partial charge in [0, 0.05) is 25.2 Å². The third-order valence-electron chi connectivity index (χ3n) is 3.23. The fraction of sp³-hybridized carbons (Fsp3) is 0.250. The molecule has 0 fully saturated rings. The number of nitrogens with zero attached hydrogens (tertiary/aromatic N) is 1. The maximum atomic E-state index is 13.4. The molecular formula is C16H20NOS+. The molecule has 2 nitrogen and oxygen atoms in total. The molecule has 1 unspecified atom stereocenters. The Balaban J connectivity index is 2.45. The SMILES string of the molecule is Cc1ccccc1[S+](=O)(Cc1ccccc1)N(C)C. The van der Waals surface area contributed by atoms with Gasteiger partial charge in [-0.15, -0.1) is 4.31 Å². The Hall–Kier alpha value is -1.45. The summed E-state index contributed by atoms with van der Waals surface area (Å²) in [4.78, 5) is 0.934. The summed E-state index contributed by atoms with van der Waals surface area (Å²) in [6.07, 6.45) is 0. The summed E-state index contributed by atoms with van der Waals surface area (Å²) >= 11 is 0. The zero-order valence-corrected chi connectivity index (χ0v) is 12.5. The molecule has 2 aromatic carbocycles. The molecule has 0 aliphatic heterocycles. The third-order valence-corrected chi connectivity index (χ3v) is 6.28. The lowest BCUT2D eigenvalue weighted by Crippen LogP contribution is -2.32. The third kappa shape index (κ3) is 2.94. The van der Waals surface area contributed by atoms with Crippen molar-refractivity contribution >= 4 is 10.1 Å². The molecule has 0 saturated carbocycles. The van der Waals surface area contributed by atoms with Crippen LogP contribution in [0.1, 0.15) is 11.1 Å². The highest BCUT2D eigenvalue weighted by atomic mass is 32.3. The number of aryl methyl sites for hydroxylation is 1. The molecular weight excluding hydrogens is 254 g/mol. The highest BCUT2D eigenvalue weighted by Crippen LogP contribution is 2.28. The summed E-state index contributed by atoms with van der Waals surface area (Å²) < 4.78 is 15.3. The van der Waals surface area contributed by atoms with E-state index in [9.17, 15) is 4.21 Å². The molecule has 0 aromatic heterocycles. The van der Waals surface area contributed by atoms with E-state index in [1.165, 1.54) is 0 Å². The zero-order chi connectivity index (χ0) is 13.9. The first kappa shape index (κ1) is 14.0. The van der Waals surface area contributed by atoms with Gasteiger partial charge in [0.2, 0.25) is 0 Å². The quantitative estimate of drug-likeness (QED) is 0.781. The first-order valence-corrected chi connectivity index (χ1v) is 8.01. The van der Waals surface area contributed by atoms with E-state index >= 15 is 0 Å². The Kier molecular flexibility index (Phi) is 4.17. The molecule has 0 bridgehead atoms. The van der Waals surface area contributed by atoms with E-state index in [-0.39, 0.29) is 0 Å². The molecule has 0 N–H and O–H groups in total. The van der Waals surface area contributed by atoms with Crippen LogP contribution >= 0.6 is 0 Å². The van der Waals surface area contributed by atoms with Crippen LogP contribution in [0.15, 0.2) is 59.5 Å². The van der Waals surface area contributed by atoms with E-state index in [0.717, 1.165) is 16.0 Å². The van der Waals surface area contributed by atoms with Crippen molar-refractivity contribution in [2.45, 2.75) is 17.6 Å². The summed E-state index contributed by atoms with van der Waals surface area (Å²) in [5.41, 5.74) is 2.18. The van der Waals surface area contributed by atoms with Crippen LogP contribution in [0.2, 0.25) is 0 Å². The molecule has 2 rings (SSSR count). The van der Waals surface area contributed by atoms with Crippen molar-refractivity contribution in [3.63, 3.8) is 0 Å². The monoisotopic (exact) mass is 274 g/mol. The van der Waals surface area contributed by atoms with E-state index in [4.69, 9.17) is 0 Å². The van der Waals surface area contributed by atoms with Crippen LogP contribution in [0, 0.1) is 6.92 Å². The van der Waals surface area contributed by atoms with Crippen molar-refractivity contribution in [3.8, 4) is 0 Å². The number of benzene rings is 2. The topological polar surface area (TPSA) is 20.3 Å². The van der Waals surface area contributed by atoms with Gasteiger partial charge in [0.05, 0.1) is 0 Å². The smallest absolute Gasteiger partial charge is 0.126 e. The van der Waals surface area contributed by atoms with Gasteiger partial charge >= 0.3 is 0 Å². The number of rotatable bonds is 4. The second kappa shape index (κ2) is 5.68. The van der Waals surface area contributed by atoms with Gasteiger partial charge in [-0.2, -0.15) is 0 Å². The lowest BCUT2D eigenvalue weighted by Gasteiger charge is -2.19. The average Bonchev–Trinajstić information content (AvgIpc) is 2.40. The van der Waals surface area contributed by atoms with E-state index < -0.39 is 10.1 Å². The van der Waals surface area contributed by atoms with E-state index in [1.54, 1.807) is 0 Å². The molecule has 0 aliphatic carbocycles. The Morgan fingerprint density at radius 3 is 2.11 bits per heavy atom. The second-order valence-corrected chi connectivity index (χ2v) is 7.59. The van der Waals surface area contributed by atoms with Crippen LogP contribution in [-0.4, -0.2) is 18.4 Å². The minimum absolute atomic E-state index is 0.547. The zero-order valence-electron chi connectivity index (χ0n) is 11.7. The van der Waals surface area contributed by atoms with Crippen LogP contribution in [0.4, 0.5) is 0 Å². The fourth-order valence-electron chi connectivity index (χ4n) is 2.12. The molecule has 0 radical (unpaired) electrons. The second-order valence-electron chi connectivity index (χ2n) is 4.85. The molecule has 19 heavy (non-hydrogen) atoms. The Labute approximate surface area is 116 Å². The normalized spacial score (nSPS) is 14.3. The average molecular weight is 274 g/mol. The first-order chi connectivity index (χ1) is 9.04. The summed E-state index contributed by atoms with van der Waals surface area (Å²) in [6, 6.07) is 17.9. The largest absolute Gasteiger partial charge is 0.194 e. The Morgan fingerprint density at radius 2 is 1.53 bits per heavy atom. The summed E-state index contributed by atoms with van der Waals surface area (Å²) in [5.74, 6) is 0.547. The van der Waals surface area contributed by atoms with Gasteiger partial charge in [0.15, 0.2) is 20.8 Å². The predicted octanol–water partition coefficient (Wildman–Crippen LogP) is 3.53. The van der Waals surface area contributed by atoms with Crippen molar-refractivity contribution in [1.29, 1.82) is 0 Å². The first-order valence-electron chi connectivity index (χ1n) is 6.33. The van der Waals surface area contributed by atoms with Gasteiger partial charge < -0.3 is 0 Å². The molecule has 0 amide bonds. The number of hydrogen-bond acceptors (Lipinski definition) is 1. The van der Waals surface area contributed by atoms with Crippen LogP contribution in [0.5, 0.6) is 0 Å². The van der Waals surface area contributed by atoms with Crippen LogP contribution < -0.4 is 0 Å². The van der Waals surface area contributed by atoms with Crippen molar-refractivity contribution in [2.24, 2.45) is 0 Å². The van der Waals surface area contributed by atoms with Crippen molar-refractivity contribution in [1.82, 2.24) is 4.31 Å². The van der Waals surface area contributed by atoms with Crippen molar-refractivity contribution in [2.75, 3.05) is 14.1 Å². The van der Waals surface area contributed by atoms with Crippen LogP contribution in [-0.2, 0) is 20.1 Å². The van der Waals surface area contributed by atoms with Gasteiger partial charge in [-0.1, -0.05) is 52.7 Å². The Bertz CT molecular complexity index is 593. The highest BCUT2D eigenvalue weighted by molar-refractivity contribution is 8.00. The van der Waals surface area contributed by atoms with Gasteiger partial charge in [-0.25, -0.2) is 0 Å². The summed E-state index contributed by atoms with van der Waals surface area (Å²) in [6.45, 7) is 2.02. The molecule has 0 spiro atoms. The minimum atomic E-state index is -2.23. The molecule has 0 saturated heterocycles. The summed E-state index contributed by atoms with van der Waals surface area (Å²) in [5, 5.41) is 0. The van der Waals surface area contributed by atoms with Gasteiger partial charge in [0.25, 0.3) is 0 Å². The lowest BCUT2D eigenvalue weighted by molar-refractivity contribution is 0.528. The lowest BCUT2D eigenvalue weighted by atomic mass is 10.2. The molecule has 0 heterocycles. The highest BCUT2D eigenvalue weighted by Gasteiger charge is 2.36. The molecule has 0 aliphatic rings. The van der Waals surface area contributed by atoms with E-state index in [1.807, 2.05) is 79.9 Å². The minimum Gasteiger partial charge on any atom is -0.126 e. The van der Waals surface area contributed by atoms with Gasteiger partial charge in [-0.3, -0.25) is 0 Å². The maximum Gasteiger partial charge on any atom is 0.194 e. The van der Waals surface area contributed by atoms with E-state index in [0.29, 0.717) is 5.75 Å². The van der Waals surface area contributed by atoms with Crippen molar-refractivity contribution < 1.29 is 4.21 Å². The fourth-order valence-corrected chi connectivity index (χ4v) is 4.43. The van der Waals surface area contributed by atoms with Gasteiger partial charge in [-0.05, 0) is 13.0 Å². The summed E-state index contributed by atoms with van der Waals surface area (Å²) in [7, 11) is 1.54. The van der Waals surface area contributed by atoms with E-state index in [2.05, 4.69) is 0 Å². The van der Waals surface area contributed by atoms with Crippen molar-refractivity contribution in [3.05, 3.63) is 65.7 Å². The number of hydrogen-bond donors (Lipinski definition) is 0. The van der Waals surface area contributed by atoms with Crippen LogP contribution in [0.25, 0.3) is 0 Å². The standard InChI is InChI=1S/C16H20NOS/c1-14-9-7-8-12-16(14)19(18,17(2)3)13-15-10-5-4-6-11-15/h4-12H,13H2,1-3H3/q+1. The van der Waals surface area contributed by atoms with Gasteiger partial charge in [0.1, 0.15) is 0 Å². The molecule has 100 valence electrons. The molecule has 3 heteroatoms. The molecule has 1 atom stereocenters.